The van der Waals surface area contributed by atoms with Gasteiger partial charge in [-0.25, -0.2) is 4.98 Å². The first-order chi connectivity index (χ1) is 17.1. The fraction of sp³-hybridized carbons (Fsp3) is 0.400. The molecule has 1 saturated carbocycles. The van der Waals surface area contributed by atoms with E-state index in [2.05, 4.69) is 20.2 Å². The number of furan rings is 1. The smallest absolute Gasteiger partial charge is 0.286 e. The molecule has 3 amide bonds. The average molecular weight is 513 g/mol. The highest BCUT2D eigenvalue weighted by Crippen LogP contribution is 2.35. The molecule has 0 atom stereocenters. The average Bonchev–Trinajstić information content (AvgIpc) is 3.20. The van der Waals surface area contributed by atoms with Crippen LogP contribution in [-0.4, -0.2) is 71.7 Å². The molecule has 4 rings (SSSR count). The minimum Gasteiger partial charge on any atom is -0.447 e. The molecule has 0 aromatic carbocycles. The van der Waals surface area contributed by atoms with E-state index in [0.717, 1.165) is 25.7 Å². The third kappa shape index (κ3) is 5.05. The lowest BCUT2D eigenvalue weighted by Crippen LogP contribution is -2.35. The monoisotopic (exact) mass is 512 g/mol. The van der Waals surface area contributed by atoms with E-state index in [1.807, 2.05) is 14.1 Å². The van der Waals surface area contributed by atoms with Crippen LogP contribution in [0.15, 0.2) is 28.8 Å². The summed E-state index contributed by atoms with van der Waals surface area (Å²) >= 11 is 5.98. The second-order valence-corrected chi connectivity index (χ2v) is 9.86. The third-order valence-corrected chi connectivity index (χ3v) is 6.77. The van der Waals surface area contributed by atoms with Crippen LogP contribution in [0.25, 0.3) is 22.4 Å². The number of hydrogen-bond donors (Lipinski definition) is 2. The van der Waals surface area contributed by atoms with Gasteiger partial charge in [-0.3, -0.25) is 19.4 Å². The molecule has 0 unspecified atom stereocenters. The normalized spacial score (nSPS) is 17.8. The van der Waals surface area contributed by atoms with Gasteiger partial charge >= 0.3 is 0 Å². The van der Waals surface area contributed by atoms with Gasteiger partial charge in [0.25, 0.3) is 11.8 Å². The number of fused-ring (bicyclic) bond motifs is 1. The van der Waals surface area contributed by atoms with Crippen molar-refractivity contribution in [1.82, 2.24) is 19.8 Å². The summed E-state index contributed by atoms with van der Waals surface area (Å²) in [5, 5.41) is 3.26. The molecule has 0 aliphatic heterocycles. The van der Waals surface area contributed by atoms with Crippen molar-refractivity contribution in [2.24, 2.45) is 11.7 Å². The molecule has 3 aromatic heterocycles. The van der Waals surface area contributed by atoms with Gasteiger partial charge in [-0.2, -0.15) is 0 Å². The number of nitrogens with one attached hydrogen (secondary N) is 1. The Morgan fingerprint density at radius 1 is 1.11 bits per heavy atom. The topological polar surface area (TPSA) is 135 Å². The second-order valence-electron chi connectivity index (χ2n) is 9.42. The Balaban J connectivity index is 1.77. The number of hydrogen-bond acceptors (Lipinski definition) is 7. The van der Waals surface area contributed by atoms with Gasteiger partial charge in [0, 0.05) is 37.8 Å². The van der Waals surface area contributed by atoms with Crippen molar-refractivity contribution in [2.45, 2.75) is 31.7 Å². The Morgan fingerprint density at radius 2 is 1.81 bits per heavy atom. The van der Waals surface area contributed by atoms with E-state index in [9.17, 15) is 14.4 Å². The maximum absolute atomic E-state index is 13.2. The molecule has 1 aliphatic carbocycles. The van der Waals surface area contributed by atoms with E-state index in [0.29, 0.717) is 22.3 Å². The van der Waals surface area contributed by atoms with Gasteiger partial charge in [0.2, 0.25) is 11.7 Å². The Bertz CT molecular complexity index is 1310. The van der Waals surface area contributed by atoms with Crippen LogP contribution in [0.2, 0.25) is 5.02 Å². The predicted octanol–water partition coefficient (Wildman–Crippen LogP) is 3.40. The van der Waals surface area contributed by atoms with E-state index >= 15 is 0 Å². The summed E-state index contributed by atoms with van der Waals surface area (Å²) in [7, 11) is 7.27. The number of nitrogens with zero attached hydrogens (tertiary/aromatic N) is 4. The van der Waals surface area contributed by atoms with Gasteiger partial charge in [-0.15, -0.1) is 0 Å². The molecule has 0 bridgehead atoms. The molecule has 11 heteroatoms. The van der Waals surface area contributed by atoms with Gasteiger partial charge < -0.3 is 25.3 Å². The summed E-state index contributed by atoms with van der Waals surface area (Å²) in [6.07, 6.45) is 4.70. The fourth-order valence-corrected chi connectivity index (χ4v) is 4.61. The van der Waals surface area contributed by atoms with Crippen molar-refractivity contribution in [3.05, 3.63) is 40.9 Å². The number of rotatable bonds is 6. The molecule has 3 N–H and O–H groups in total. The highest BCUT2D eigenvalue weighted by atomic mass is 35.5. The number of nitrogens with two attached hydrogens (primary N) is 1. The van der Waals surface area contributed by atoms with E-state index in [-0.39, 0.29) is 46.0 Å². The number of amides is 3. The molecule has 190 valence electrons. The van der Waals surface area contributed by atoms with Crippen LogP contribution in [0, 0.1) is 5.92 Å². The van der Waals surface area contributed by atoms with Gasteiger partial charge in [0.15, 0.2) is 5.58 Å². The van der Waals surface area contributed by atoms with Crippen LogP contribution in [0.3, 0.4) is 0 Å². The molecular formula is C25H29ClN6O4. The number of pyridine rings is 2. The predicted molar refractivity (Wildman–Crippen MR) is 137 cm³/mol. The Kier molecular flexibility index (Phi) is 7.28. The summed E-state index contributed by atoms with van der Waals surface area (Å²) in [5.74, 6) is -1.91. The summed E-state index contributed by atoms with van der Waals surface area (Å²) in [4.78, 5) is 50.8. The van der Waals surface area contributed by atoms with Crippen molar-refractivity contribution in [1.29, 1.82) is 0 Å². The molecular weight excluding hydrogens is 484 g/mol. The van der Waals surface area contributed by atoms with Crippen LogP contribution in [-0.2, 0) is 4.79 Å². The van der Waals surface area contributed by atoms with Crippen molar-refractivity contribution in [3.8, 4) is 11.3 Å². The fourth-order valence-electron chi connectivity index (χ4n) is 4.49. The third-order valence-electron chi connectivity index (χ3n) is 6.55. The molecule has 0 spiro atoms. The van der Waals surface area contributed by atoms with E-state index < -0.39 is 5.91 Å². The van der Waals surface area contributed by atoms with Gasteiger partial charge in [-0.05, 0) is 58.0 Å². The van der Waals surface area contributed by atoms with Crippen LogP contribution < -0.4 is 11.1 Å². The molecule has 0 saturated heterocycles. The Morgan fingerprint density at radius 3 is 2.36 bits per heavy atom. The van der Waals surface area contributed by atoms with E-state index in [4.69, 9.17) is 21.8 Å². The second kappa shape index (κ2) is 10.2. The SMILES string of the molecule is CN(C)C(=O)c1nc2c(NC(=O)C3CCC(N(C)C)CC3)c(C(N)=O)oc2cc1-c1ccc(Cl)cn1. The maximum Gasteiger partial charge on any atom is 0.286 e. The van der Waals surface area contributed by atoms with Crippen LogP contribution in [0.1, 0.15) is 46.7 Å². The molecule has 10 nitrogen and oxygen atoms in total. The molecule has 1 aliphatic rings. The number of aromatic nitrogens is 2. The minimum atomic E-state index is -0.855. The number of carbonyl (C=O) groups is 3. The first kappa shape index (κ1) is 25.6. The number of halogens is 1. The molecule has 36 heavy (non-hydrogen) atoms. The lowest BCUT2D eigenvalue weighted by molar-refractivity contribution is -0.121. The highest BCUT2D eigenvalue weighted by molar-refractivity contribution is 6.30. The van der Waals surface area contributed by atoms with E-state index in [1.54, 1.807) is 32.3 Å². The molecule has 3 heterocycles. The zero-order valence-electron chi connectivity index (χ0n) is 20.7. The van der Waals surface area contributed by atoms with Gasteiger partial charge in [0.1, 0.15) is 16.9 Å². The van der Waals surface area contributed by atoms with E-state index in [1.165, 1.54) is 11.1 Å². The van der Waals surface area contributed by atoms with Crippen molar-refractivity contribution < 1.29 is 18.8 Å². The number of carbonyl (C=O) groups excluding carboxylic acids is 3. The lowest BCUT2D eigenvalue weighted by Gasteiger charge is -2.31. The first-order valence-electron chi connectivity index (χ1n) is 11.6. The Labute approximate surface area is 213 Å². The maximum atomic E-state index is 13.2. The van der Waals surface area contributed by atoms with Crippen LogP contribution in [0.4, 0.5) is 5.69 Å². The molecule has 0 radical (unpaired) electrons. The zero-order valence-corrected chi connectivity index (χ0v) is 21.4. The van der Waals surface area contributed by atoms with Crippen molar-refractivity contribution in [3.63, 3.8) is 0 Å². The van der Waals surface area contributed by atoms with Crippen LogP contribution >= 0.6 is 11.6 Å². The Hall–Kier alpha value is -3.50. The van der Waals surface area contributed by atoms with Gasteiger partial charge in [0.05, 0.1) is 10.7 Å². The highest BCUT2D eigenvalue weighted by Gasteiger charge is 2.31. The summed E-state index contributed by atoms with van der Waals surface area (Å²) in [6.45, 7) is 0. The van der Waals surface area contributed by atoms with Crippen LogP contribution in [0.5, 0.6) is 0 Å². The van der Waals surface area contributed by atoms with Gasteiger partial charge in [-0.1, -0.05) is 11.6 Å². The molecule has 1 fully saturated rings. The summed E-state index contributed by atoms with van der Waals surface area (Å²) in [6, 6.07) is 5.30. The largest absolute Gasteiger partial charge is 0.447 e. The zero-order chi connectivity index (χ0) is 26.1. The van der Waals surface area contributed by atoms with Crippen molar-refractivity contribution >= 4 is 46.1 Å². The quantitative estimate of drug-likeness (QED) is 0.516. The van der Waals surface area contributed by atoms with Crippen molar-refractivity contribution in [2.75, 3.05) is 33.5 Å². The lowest BCUT2D eigenvalue weighted by atomic mass is 9.85. The number of anilines is 1. The summed E-state index contributed by atoms with van der Waals surface area (Å²) in [5.41, 5.74) is 6.93. The standard InChI is InChI=1S/C25H29ClN6O4/c1-31(2)15-8-5-13(6-9-15)24(34)30-21-20-18(36-22(21)23(27)33)11-16(17-10-7-14(26)12-28-17)19(29-20)25(35)32(3)4/h7,10-13,15H,5-6,8-9H2,1-4H3,(H2,27,33)(H,30,34). The first-order valence-corrected chi connectivity index (χ1v) is 12.0. The minimum absolute atomic E-state index is 0.0701. The summed E-state index contributed by atoms with van der Waals surface area (Å²) < 4.78 is 5.74. The number of primary amides is 1. The molecule has 3 aromatic rings.